The molecule has 0 nitrogen and oxygen atoms in total. The first-order chi connectivity index (χ1) is 26.6. The van der Waals surface area contributed by atoms with Crippen molar-refractivity contribution in [2.45, 2.75) is 92.9 Å². The molecule has 3 rings (SSSR count). The zero-order chi connectivity index (χ0) is 46.8. The van der Waals surface area contributed by atoms with Gasteiger partial charge in [0, 0.05) is 32.4 Å². The second-order valence-corrected chi connectivity index (χ2v) is 14.3. The van der Waals surface area contributed by atoms with Crippen molar-refractivity contribution in [2.24, 2.45) is 0 Å². The van der Waals surface area contributed by atoms with Crippen molar-refractivity contribution in [1.82, 2.24) is 0 Å². The van der Waals surface area contributed by atoms with Crippen molar-refractivity contribution in [1.29, 1.82) is 0 Å². The van der Waals surface area contributed by atoms with Gasteiger partial charge in [0.05, 0.1) is 0 Å². The van der Waals surface area contributed by atoms with E-state index in [9.17, 15) is 114 Å². The molecule has 3 aromatic rings. The Morgan fingerprint density at radius 3 is 0.800 bits per heavy atom. The summed E-state index contributed by atoms with van der Waals surface area (Å²) in [5.74, 6) is -76.3. The molecule has 338 valence electrons. The lowest BCUT2D eigenvalue weighted by atomic mass is 9.90. The molecule has 0 aromatic heterocycles. The molecule has 0 bridgehead atoms. The molecule has 0 spiro atoms. The number of halogens is 26. The molecule has 0 amide bonds. The molecular weight excluding hydrogens is 942 g/mol. The van der Waals surface area contributed by atoms with Crippen LogP contribution < -0.4 is 0 Å². The van der Waals surface area contributed by atoms with Gasteiger partial charge in [-0.1, -0.05) is 48.5 Å². The SMILES string of the molecule is FC(F)(F)C(F)(F)C(F)(F)C(F)(F)C(F)(F)C(F)(F)c1ccc(SCc2cccc(CSc3ccc(C(F)(F)C(F)(F)C(F)(F)C(F)(F)C(F)(F)C(F)(F)F)cc3)c2)cc1. The van der Waals surface area contributed by atoms with Crippen LogP contribution >= 0.6 is 23.5 Å². The minimum Gasteiger partial charge on any atom is -0.194 e. The van der Waals surface area contributed by atoms with Crippen molar-refractivity contribution in [2.75, 3.05) is 0 Å². The summed E-state index contributed by atoms with van der Waals surface area (Å²) >= 11 is 1.38. The van der Waals surface area contributed by atoms with Gasteiger partial charge >= 0.3 is 71.6 Å². The first kappa shape index (κ1) is 50.9. The molecule has 0 atom stereocenters. The first-order valence-corrected chi connectivity index (χ1v) is 17.0. The van der Waals surface area contributed by atoms with Gasteiger partial charge in [0.25, 0.3) is 0 Å². The minimum atomic E-state index is -8.08. The lowest BCUT2D eigenvalue weighted by Crippen LogP contribution is -2.69. The number of benzene rings is 3. The van der Waals surface area contributed by atoms with Crippen molar-refractivity contribution in [3.63, 3.8) is 0 Å². The summed E-state index contributed by atoms with van der Waals surface area (Å²) in [4.78, 5) is -0.285. The number of hydrogen-bond donors (Lipinski definition) is 0. The van der Waals surface area contributed by atoms with E-state index in [4.69, 9.17) is 0 Å². The molecule has 0 aliphatic carbocycles. The monoisotopic (exact) mass is 958 g/mol. The molecular formula is C32H16F26S2. The van der Waals surface area contributed by atoms with Crippen molar-refractivity contribution >= 4 is 23.5 Å². The van der Waals surface area contributed by atoms with E-state index in [0.717, 1.165) is 0 Å². The van der Waals surface area contributed by atoms with E-state index in [1.54, 1.807) is 0 Å². The van der Waals surface area contributed by atoms with Crippen LogP contribution in [0.25, 0.3) is 0 Å². The number of thioether (sulfide) groups is 2. The summed E-state index contributed by atoms with van der Waals surface area (Å²) in [6.45, 7) is 0. The van der Waals surface area contributed by atoms with E-state index in [1.165, 1.54) is 24.3 Å². The van der Waals surface area contributed by atoms with Crippen LogP contribution in [-0.4, -0.2) is 59.7 Å². The molecule has 0 saturated heterocycles. The van der Waals surface area contributed by atoms with Gasteiger partial charge in [0.2, 0.25) is 0 Å². The van der Waals surface area contributed by atoms with Crippen LogP contribution in [0.1, 0.15) is 22.3 Å². The Balaban J connectivity index is 1.72. The third-order valence-corrected chi connectivity index (χ3v) is 10.3. The van der Waals surface area contributed by atoms with Crippen LogP contribution in [0.3, 0.4) is 0 Å². The van der Waals surface area contributed by atoms with Gasteiger partial charge in [-0.25, -0.2) is 0 Å². The fourth-order valence-corrected chi connectivity index (χ4v) is 6.25. The molecule has 0 unspecified atom stereocenters. The summed E-state index contributed by atoms with van der Waals surface area (Å²) < 4.78 is 350. The molecule has 0 aliphatic heterocycles. The Kier molecular flexibility index (Phi) is 13.3. The standard InChI is InChI=1S/C32H16F26S2/c33-21(34,23(37,38)25(41,42)27(45,46)29(49,50)31(53,54)55)17-4-8-19(9-5-17)59-13-15-2-1-3-16(12-15)14-60-20-10-6-18(7-11-20)22(35,36)24(39,40)26(43,44)28(47,48)30(51,52)32(56,57)58/h1-12H,13-14H2. The third-order valence-electron chi connectivity index (χ3n) is 8.10. The summed E-state index contributed by atoms with van der Waals surface area (Å²) in [6.07, 6.45) is -15.1. The van der Waals surface area contributed by atoms with Crippen LogP contribution in [0.5, 0.6) is 0 Å². The van der Waals surface area contributed by atoms with Crippen molar-refractivity contribution in [3.8, 4) is 0 Å². The van der Waals surface area contributed by atoms with Crippen LogP contribution in [0.2, 0.25) is 0 Å². The van der Waals surface area contributed by atoms with E-state index in [2.05, 4.69) is 0 Å². The highest BCUT2D eigenvalue weighted by Crippen LogP contribution is 2.64. The first-order valence-electron chi connectivity index (χ1n) is 15.1. The fraction of sp³-hybridized carbons (Fsp3) is 0.438. The Hall–Kier alpha value is -3.46. The lowest BCUT2D eigenvalue weighted by Gasteiger charge is -2.39. The molecule has 0 fully saturated rings. The molecule has 0 radical (unpaired) electrons. The van der Waals surface area contributed by atoms with E-state index in [-0.39, 0.29) is 45.6 Å². The summed E-state index contributed by atoms with van der Waals surface area (Å²) in [6, 6.07) is 7.44. The van der Waals surface area contributed by atoms with Gasteiger partial charge in [0.15, 0.2) is 0 Å². The predicted molar refractivity (Wildman–Crippen MR) is 158 cm³/mol. The highest BCUT2D eigenvalue weighted by atomic mass is 32.2. The van der Waals surface area contributed by atoms with Gasteiger partial charge < -0.3 is 0 Å². The van der Waals surface area contributed by atoms with E-state index in [0.29, 0.717) is 58.9 Å². The second kappa shape index (κ2) is 15.7. The molecule has 0 saturated carbocycles. The fourth-order valence-electron chi connectivity index (χ4n) is 4.57. The maximum absolute atomic E-state index is 14.5. The molecule has 0 heterocycles. The Labute approximate surface area is 325 Å². The van der Waals surface area contributed by atoms with Gasteiger partial charge in [-0.15, -0.1) is 23.5 Å². The molecule has 60 heavy (non-hydrogen) atoms. The smallest absolute Gasteiger partial charge is 0.194 e. The number of hydrogen-bond acceptors (Lipinski definition) is 2. The average Bonchev–Trinajstić information content (AvgIpc) is 3.12. The quantitative estimate of drug-likeness (QED) is 0.104. The third kappa shape index (κ3) is 8.15. The Bertz CT molecular complexity index is 1810. The van der Waals surface area contributed by atoms with E-state index >= 15 is 0 Å². The minimum absolute atomic E-state index is 0.0467. The Morgan fingerprint density at radius 1 is 0.300 bits per heavy atom. The second-order valence-electron chi connectivity index (χ2n) is 12.2. The van der Waals surface area contributed by atoms with Gasteiger partial charge in [-0.2, -0.15) is 114 Å². The predicted octanol–water partition coefficient (Wildman–Crippen LogP) is 14.7. The number of alkyl halides is 26. The average molecular weight is 959 g/mol. The van der Waals surface area contributed by atoms with E-state index < -0.39 is 82.7 Å². The molecule has 28 heteroatoms. The largest absolute Gasteiger partial charge is 0.460 e. The zero-order valence-electron chi connectivity index (χ0n) is 28.0. The summed E-state index contributed by atoms with van der Waals surface area (Å²) in [5, 5.41) is 0. The van der Waals surface area contributed by atoms with Crippen LogP contribution in [0.15, 0.2) is 82.6 Å². The highest BCUT2D eigenvalue weighted by molar-refractivity contribution is 7.98. The van der Waals surface area contributed by atoms with Crippen molar-refractivity contribution in [3.05, 3.63) is 95.1 Å². The maximum atomic E-state index is 14.5. The van der Waals surface area contributed by atoms with Crippen LogP contribution in [-0.2, 0) is 23.4 Å². The topological polar surface area (TPSA) is 0 Å². The summed E-state index contributed by atoms with van der Waals surface area (Å²) in [7, 11) is 0. The molecule has 3 aromatic carbocycles. The van der Waals surface area contributed by atoms with Crippen LogP contribution in [0.4, 0.5) is 114 Å². The maximum Gasteiger partial charge on any atom is 0.460 e. The van der Waals surface area contributed by atoms with Gasteiger partial charge in [0.1, 0.15) is 0 Å². The Morgan fingerprint density at radius 2 is 0.550 bits per heavy atom. The normalized spacial score (nSPS) is 15.1. The molecule has 0 N–H and O–H groups in total. The van der Waals surface area contributed by atoms with Crippen LogP contribution in [0, 0.1) is 0 Å². The van der Waals surface area contributed by atoms with Gasteiger partial charge in [-0.3, -0.25) is 0 Å². The number of rotatable bonds is 16. The van der Waals surface area contributed by atoms with Gasteiger partial charge in [-0.05, 0) is 35.4 Å². The highest BCUT2D eigenvalue weighted by Gasteiger charge is 2.92. The van der Waals surface area contributed by atoms with Crippen molar-refractivity contribution < 1.29 is 114 Å². The lowest BCUT2D eigenvalue weighted by molar-refractivity contribution is -0.441. The summed E-state index contributed by atoms with van der Waals surface area (Å²) in [5.41, 5.74) is -3.76. The molecule has 0 aliphatic rings. The van der Waals surface area contributed by atoms with E-state index in [1.807, 2.05) is 0 Å². The zero-order valence-corrected chi connectivity index (χ0v) is 29.6.